The average Bonchev–Trinajstić information content (AvgIpc) is 2.54. The Morgan fingerprint density at radius 2 is 1.67 bits per heavy atom. The van der Waals surface area contributed by atoms with Gasteiger partial charge in [0.1, 0.15) is 0 Å². The molecule has 1 atom stereocenters. The normalized spacial score (nSPS) is 17.3. The highest BCUT2D eigenvalue weighted by Gasteiger charge is 2.24. The van der Waals surface area contributed by atoms with Crippen LogP contribution in [0.5, 0.6) is 0 Å². The van der Waals surface area contributed by atoms with Crippen molar-refractivity contribution in [3.8, 4) is 11.1 Å². The van der Waals surface area contributed by atoms with Crippen molar-refractivity contribution < 1.29 is 0 Å². The van der Waals surface area contributed by atoms with Crippen molar-refractivity contribution in [2.45, 2.75) is 12.8 Å². The van der Waals surface area contributed by atoms with Gasteiger partial charge in [-0.3, -0.25) is 0 Å². The van der Waals surface area contributed by atoms with E-state index < -0.39 is 0 Å². The second kappa shape index (κ2) is 3.34. The molecule has 0 aromatic heterocycles. The molecule has 2 aromatic carbocycles. The number of fused-ring (bicyclic) bond motifs is 3. The van der Waals surface area contributed by atoms with E-state index in [1.54, 1.807) is 0 Å². The summed E-state index contributed by atoms with van der Waals surface area (Å²) in [4.78, 5) is 0. The first kappa shape index (κ1) is 9.40. The van der Waals surface area contributed by atoms with Crippen molar-refractivity contribution in [2.24, 2.45) is 0 Å². The maximum atomic E-state index is 2.38. The van der Waals surface area contributed by atoms with E-state index in [0.717, 1.165) is 0 Å². The quantitative estimate of drug-likeness (QED) is 0.632. The summed E-state index contributed by atoms with van der Waals surface area (Å²) in [5.41, 5.74) is 5.77. The minimum Gasteiger partial charge on any atom is -0.0619 e. The first-order valence-electron chi connectivity index (χ1n) is 5.16. The van der Waals surface area contributed by atoms with Gasteiger partial charge in [-0.2, -0.15) is 0 Å². The van der Waals surface area contributed by atoms with Crippen LogP contribution in [0.1, 0.15) is 24.0 Å². The minimum absolute atomic E-state index is 0.547. The summed E-state index contributed by atoms with van der Waals surface area (Å²) in [5, 5.41) is 0. The summed E-state index contributed by atoms with van der Waals surface area (Å²) in [5.74, 6) is 0.547. The van der Waals surface area contributed by atoms with Gasteiger partial charge in [0.05, 0.1) is 0 Å². The SMILES string of the molecule is C[C@H]1c2ccccc2-c2ccc(I)cc21. The second-order valence-electron chi connectivity index (χ2n) is 4.04. The zero-order valence-corrected chi connectivity index (χ0v) is 10.7. The zero-order valence-electron chi connectivity index (χ0n) is 8.50. The van der Waals surface area contributed by atoms with Gasteiger partial charge in [0, 0.05) is 9.49 Å². The molecule has 1 aliphatic rings. The van der Waals surface area contributed by atoms with Gasteiger partial charge < -0.3 is 0 Å². The second-order valence-corrected chi connectivity index (χ2v) is 5.29. The third kappa shape index (κ3) is 1.33. The standard InChI is InChI=1S/C14H11I/c1-9-11-4-2-3-5-12(11)13-7-6-10(15)8-14(9)13/h2-9H,1H3/t9-/m0/s1. The Labute approximate surface area is 103 Å². The number of halogens is 1. The topological polar surface area (TPSA) is 0 Å². The third-order valence-electron chi connectivity index (χ3n) is 3.20. The predicted molar refractivity (Wildman–Crippen MR) is 72.1 cm³/mol. The van der Waals surface area contributed by atoms with Crippen LogP contribution in [-0.4, -0.2) is 0 Å². The molecule has 0 radical (unpaired) electrons. The van der Waals surface area contributed by atoms with E-state index in [0.29, 0.717) is 5.92 Å². The van der Waals surface area contributed by atoms with Gasteiger partial charge in [-0.25, -0.2) is 0 Å². The van der Waals surface area contributed by atoms with Crippen LogP contribution in [0, 0.1) is 3.57 Å². The summed E-state index contributed by atoms with van der Waals surface area (Å²) in [7, 11) is 0. The lowest BCUT2D eigenvalue weighted by Gasteiger charge is -2.05. The number of rotatable bonds is 0. The molecule has 0 nitrogen and oxygen atoms in total. The molecular formula is C14H11I. The summed E-state index contributed by atoms with van der Waals surface area (Å²) < 4.78 is 1.33. The number of hydrogen-bond acceptors (Lipinski definition) is 0. The Morgan fingerprint density at radius 3 is 2.53 bits per heavy atom. The van der Waals surface area contributed by atoms with Crippen LogP contribution in [0.25, 0.3) is 11.1 Å². The molecule has 0 N–H and O–H groups in total. The van der Waals surface area contributed by atoms with Crippen LogP contribution in [0.3, 0.4) is 0 Å². The molecule has 74 valence electrons. The maximum Gasteiger partial charge on any atom is 0.0133 e. The van der Waals surface area contributed by atoms with E-state index in [4.69, 9.17) is 0 Å². The molecule has 0 aliphatic heterocycles. The summed E-state index contributed by atoms with van der Waals surface area (Å²) in [6, 6.07) is 15.5. The molecule has 0 amide bonds. The fourth-order valence-corrected chi connectivity index (χ4v) is 2.94. The Balaban J connectivity index is 2.32. The van der Waals surface area contributed by atoms with E-state index >= 15 is 0 Å². The largest absolute Gasteiger partial charge is 0.0619 e. The summed E-state index contributed by atoms with van der Waals surface area (Å²) in [6.45, 7) is 2.29. The fourth-order valence-electron chi connectivity index (χ4n) is 2.42. The fraction of sp³-hybridized carbons (Fsp3) is 0.143. The Hall–Kier alpha value is -0.830. The van der Waals surface area contributed by atoms with E-state index in [1.807, 2.05) is 0 Å². The number of benzene rings is 2. The van der Waals surface area contributed by atoms with Crippen molar-refractivity contribution in [2.75, 3.05) is 0 Å². The number of hydrogen-bond donors (Lipinski definition) is 0. The molecule has 0 unspecified atom stereocenters. The van der Waals surface area contributed by atoms with Gasteiger partial charge in [0.2, 0.25) is 0 Å². The Kier molecular flexibility index (Phi) is 2.09. The van der Waals surface area contributed by atoms with E-state index in [1.165, 1.54) is 25.8 Å². The van der Waals surface area contributed by atoms with E-state index in [2.05, 4.69) is 72.0 Å². The molecule has 1 heteroatoms. The van der Waals surface area contributed by atoms with Gasteiger partial charge in [0.15, 0.2) is 0 Å². The summed E-state index contributed by atoms with van der Waals surface area (Å²) >= 11 is 2.38. The molecule has 0 fully saturated rings. The van der Waals surface area contributed by atoms with Gasteiger partial charge >= 0.3 is 0 Å². The molecule has 0 saturated carbocycles. The van der Waals surface area contributed by atoms with Crippen molar-refractivity contribution in [1.82, 2.24) is 0 Å². The highest BCUT2D eigenvalue weighted by Crippen LogP contribution is 2.44. The van der Waals surface area contributed by atoms with Crippen molar-refractivity contribution in [1.29, 1.82) is 0 Å². The highest BCUT2D eigenvalue weighted by molar-refractivity contribution is 14.1. The highest BCUT2D eigenvalue weighted by atomic mass is 127. The summed E-state index contributed by atoms with van der Waals surface area (Å²) in [6.07, 6.45) is 0. The van der Waals surface area contributed by atoms with Crippen LogP contribution in [0.2, 0.25) is 0 Å². The molecule has 0 saturated heterocycles. The third-order valence-corrected chi connectivity index (χ3v) is 3.87. The van der Waals surface area contributed by atoms with Gasteiger partial charge in [-0.1, -0.05) is 37.3 Å². The van der Waals surface area contributed by atoms with Crippen LogP contribution >= 0.6 is 22.6 Å². The lowest BCUT2D eigenvalue weighted by molar-refractivity contribution is 0.955. The maximum absolute atomic E-state index is 2.38. The van der Waals surface area contributed by atoms with Crippen molar-refractivity contribution in [3.63, 3.8) is 0 Å². The van der Waals surface area contributed by atoms with Crippen molar-refractivity contribution in [3.05, 3.63) is 57.2 Å². The van der Waals surface area contributed by atoms with Crippen LogP contribution in [0.15, 0.2) is 42.5 Å². The average molecular weight is 306 g/mol. The van der Waals surface area contributed by atoms with Gasteiger partial charge in [0.25, 0.3) is 0 Å². The molecule has 3 rings (SSSR count). The first-order chi connectivity index (χ1) is 7.27. The minimum atomic E-state index is 0.547. The molecule has 0 bridgehead atoms. The predicted octanol–water partition coefficient (Wildman–Crippen LogP) is 4.42. The monoisotopic (exact) mass is 306 g/mol. The Morgan fingerprint density at radius 1 is 0.933 bits per heavy atom. The van der Waals surface area contributed by atoms with Gasteiger partial charge in [-0.05, 0) is 57.0 Å². The van der Waals surface area contributed by atoms with E-state index in [9.17, 15) is 0 Å². The van der Waals surface area contributed by atoms with Crippen LogP contribution < -0.4 is 0 Å². The molecular weight excluding hydrogens is 295 g/mol. The van der Waals surface area contributed by atoms with Crippen molar-refractivity contribution >= 4 is 22.6 Å². The van der Waals surface area contributed by atoms with E-state index in [-0.39, 0.29) is 0 Å². The molecule has 2 aromatic rings. The van der Waals surface area contributed by atoms with Crippen LogP contribution in [0.4, 0.5) is 0 Å². The zero-order chi connectivity index (χ0) is 10.4. The molecule has 0 spiro atoms. The molecule has 1 aliphatic carbocycles. The van der Waals surface area contributed by atoms with Gasteiger partial charge in [-0.15, -0.1) is 0 Å². The Bertz CT molecular complexity index is 529. The van der Waals surface area contributed by atoms with Crippen LogP contribution in [-0.2, 0) is 0 Å². The lowest BCUT2D eigenvalue weighted by atomic mass is 10.00. The molecule has 0 heterocycles. The lowest BCUT2D eigenvalue weighted by Crippen LogP contribution is -1.89. The molecule has 15 heavy (non-hydrogen) atoms. The smallest absolute Gasteiger partial charge is 0.0133 e. The first-order valence-corrected chi connectivity index (χ1v) is 6.24.